The summed E-state index contributed by atoms with van der Waals surface area (Å²) >= 11 is 7.03. The van der Waals surface area contributed by atoms with Crippen LogP contribution in [0.1, 0.15) is 5.82 Å². The number of hydrogen-bond acceptors (Lipinski definition) is 8. The van der Waals surface area contributed by atoms with Gasteiger partial charge < -0.3 is 14.2 Å². The Balaban J connectivity index is 1.51. The predicted octanol–water partition coefficient (Wildman–Crippen LogP) is 5.50. The Labute approximate surface area is 223 Å². The van der Waals surface area contributed by atoms with Crippen molar-refractivity contribution in [3.05, 3.63) is 83.4 Å². The summed E-state index contributed by atoms with van der Waals surface area (Å²) in [6.07, 6.45) is 0. The van der Waals surface area contributed by atoms with Crippen LogP contribution in [0.4, 0.5) is 0 Å². The number of thioether (sulfide) groups is 1. The number of aromatic amines is 1. The van der Waals surface area contributed by atoms with Crippen molar-refractivity contribution in [3.8, 4) is 40.0 Å². The Hall–Kier alpha value is -4.09. The van der Waals surface area contributed by atoms with Gasteiger partial charge in [-0.3, -0.25) is 14.2 Å². The third-order valence-electron chi connectivity index (χ3n) is 5.69. The molecule has 0 saturated carbocycles. The number of hydrogen-bond donors (Lipinski definition) is 1. The van der Waals surface area contributed by atoms with Crippen molar-refractivity contribution in [1.29, 1.82) is 0 Å². The van der Waals surface area contributed by atoms with Gasteiger partial charge in [-0.15, -0.1) is 10.2 Å². The van der Waals surface area contributed by atoms with Crippen LogP contribution in [-0.4, -0.2) is 50.9 Å². The zero-order chi connectivity index (χ0) is 25.8. The zero-order valence-electron chi connectivity index (χ0n) is 20.4. The predicted molar refractivity (Wildman–Crippen MR) is 145 cm³/mol. The quantitative estimate of drug-likeness (QED) is 0.197. The topological polar surface area (TPSA) is 92.0 Å². The first kappa shape index (κ1) is 24.6. The molecule has 0 saturated heterocycles. The molecule has 9 nitrogen and oxygen atoms in total. The SMILES string of the molecule is COc1ccc(-n2c(CSc3nnc(-c4ccc(OC)c(OC)c4)n3-c3ccccc3)n[nH]c2=S)cc1. The molecule has 11 heteroatoms. The van der Waals surface area contributed by atoms with Crippen LogP contribution in [0.15, 0.2) is 78.0 Å². The summed E-state index contributed by atoms with van der Waals surface area (Å²) in [5.41, 5.74) is 2.68. The van der Waals surface area contributed by atoms with E-state index in [0.29, 0.717) is 33.0 Å². The van der Waals surface area contributed by atoms with Crippen LogP contribution in [0.2, 0.25) is 0 Å². The Kier molecular flexibility index (Phi) is 7.24. The van der Waals surface area contributed by atoms with E-state index in [2.05, 4.69) is 20.4 Å². The van der Waals surface area contributed by atoms with Crippen LogP contribution in [0.3, 0.4) is 0 Å². The zero-order valence-corrected chi connectivity index (χ0v) is 22.0. The Bertz CT molecular complexity index is 1560. The van der Waals surface area contributed by atoms with Gasteiger partial charge in [0, 0.05) is 16.9 Å². The van der Waals surface area contributed by atoms with Crippen LogP contribution in [-0.2, 0) is 5.75 Å². The van der Waals surface area contributed by atoms with Crippen molar-refractivity contribution >= 4 is 24.0 Å². The minimum absolute atomic E-state index is 0.510. The van der Waals surface area contributed by atoms with Crippen LogP contribution in [0.5, 0.6) is 17.2 Å². The van der Waals surface area contributed by atoms with Gasteiger partial charge in [0.15, 0.2) is 27.3 Å². The van der Waals surface area contributed by atoms with E-state index in [1.807, 2.05) is 81.9 Å². The molecule has 0 radical (unpaired) electrons. The Morgan fingerprint density at radius 2 is 1.54 bits per heavy atom. The largest absolute Gasteiger partial charge is 0.497 e. The lowest BCUT2D eigenvalue weighted by Gasteiger charge is -2.12. The van der Waals surface area contributed by atoms with E-state index in [9.17, 15) is 0 Å². The molecule has 0 amide bonds. The van der Waals surface area contributed by atoms with E-state index < -0.39 is 0 Å². The lowest BCUT2D eigenvalue weighted by atomic mass is 10.2. The van der Waals surface area contributed by atoms with Crippen LogP contribution < -0.4 is 14.2 Å². The lowest BCUT2D eigenvalue weighted by molar-refractivity contribution is 0.355. The number of H-pyrrole nitrogens is 1. The molecule has 0 unspecified atom stereocenters. The van der Waals surface area contributed by atoms with Crippen molar-refractivity contribution in [3.63, 3.8) is 0 Å². The van der Waals surface area contributed by atoms with E-state index in [1.165, 1.54) is 11.8 Å². The first-order valence-electron chi connectivity index (χ1n) is 11.3. The fourth-order valence-electron chi connectivity index (χ4n) is 3.89. The molecular formula is C26H24N6O3S2. The molecule has 5 aromatic rings. The molecule has 0 spiro atoms. The highest BCUT2D eigenvalue weighted by atomic mass is 32.2. The average molecular weight is 533 g/mol. The fraction of sp³-hybridized carbons (Fsp3) is 0.154. The first-order chi connectivity index (χ1) is 18.1. The van der Waals surface area contributed by atoms with Gasteiger partial charge in [-0.25, -0.2) is 0 Å². The molecule has 188 valence electrons. The summed E-state index contributed by atoms with van der Waals surface area (Å²) in [5, 5.41) is 17.1. The van der Waals surface area contributed by atoms with Crippen LogP contribution in [0, 0.1) is 4.77 Å². The van der Waals surface area contributed by atoms with Gasteiger partial charge in [-0.1, -0.05) is 30.0 Å². The monoisotopic (exact) mass is 532 g/mol. The second-order valence-electron chi connectivity index (χ2n) is 7.81. The first-order valence-corrected chi connectivity index (χ1v) is 12.7. The number of nitrogens with one attached hydrogen (secondary N) is 1. The summed E-state index contributed by atoms with van der Waals surface area (Å²) in [6.45, 7) is 0. The summed E-state index contributed by atoms with van der Waals surface area (Å²) in [6, 6.07) is 23.3. The Morgan fingerprint density at radius 1 is 0.811 bits per heavy atom. The summed E-state index contributed by atoms with van der Waals surface area (Å²) in [7, 11) is 4.86. The highest BCUT2D eigenvalue weighted by molar-refractivity contribution is 7.98. The molecule has 2 heterocycles. The molecule has 5 rings (SSSR count). The minimum atomic E-state index is 0.510. The van der Waals surface area contributed by atoms with Crippen LogP contribution in [0.25, 0.3) is 22.8 Å². The molecule has 0 aliphatic rings. The number of nitrogens with zero attached hydrogens (tertiary/aromatic N) is 5. The molecule has 2 aromatic heterocycles. The molecule has 0 bridgehead atoms. The molecule has 0 atom stereocenters. The standard InChI is InChI=1S/C26H24N6O3S2/c1-33-20-12-10-19(11-13-20)31-23(27-29-25(31)36)16-37-26-30-28-24(32(26)18-7-5-4-6-8-18)17-9-14-21(34-2)22(15-17)35-3/h4-15H,16H2,1-3H3,(H,29,36). The van der Waals surface area contributed by atoms with E-state index in [0.717, 1.165) is 28.5 Å². The molecule has 0 aliphatic carbocycles. The van der Waals surface area contributed by atoms with Gasteiger partial charge >= 0.3 is 0 Å². The third kappa shape index (κ3) is 4.95. The van der Waals surface area contributed by atoms with Gasteiger partial charge in [0.2, 0.25) is 0 Å². The minimum Gasteiger partial charge on any atom is -0.497 e. The van der Waals surface area contributed by atoms with E-state index >= 15 is 0 Å². The number of ether oxygens (including phenoxy) is 3. The highest BCUT2D eigenvalue weighted by Gasteiger charge is 2.19. The maximum atomic E-state index is 5.51. The van der Waals surface area contributed by atoms with Crippen molar-refractivity contribution in [2.45, 2.75) is 10.9 Å². The van der Waals surface area contributed by atoms with Gasteiger partial charge in [0.05, 0.1) is 27.1 Å². The van der Waals surface area contributed by atoms with Crippen molar-refractivity contribution in [2.75, 3.05) is 21.3 Å². The fourth-order valence-corrected chi connectivity index (χ4v) is 5.02. The number of benzene rings is 3. The number of methoxy groups -OCH3 is 3. The molecule has 0 aliphatic heterocycles. The maximum Gasteiger partial charge on any atom is 0.199 e. The van der Waals surface area contributed by atoms with Crippen LogP contribution >= 0.6 is 24.0 Å². The molecule has 1 N–H and O–H groups in total. The van der Waals surface area contributed by atoms with Gasteiger partial charge in [-0.05, 0) is 66.8 Å². The van der Waals surface area contributed by atoms with Gasteiger partial charge in [0.25, 0.3) is 0 Å². The lowest BCUT2D eigenvalue weighted by Crippen LogP contribution is -2.03. The average Bonchev–Trinajstić information content (AvgIpc) is 3.55. The van der Waals surface area contributed by atoms with E-state index in [-0.39, 0.29) is 0 Å². The van der Waals surface area contributed by atoms with E-state index in [1.54, 1.807) is 21.3 Å². The third-order valence-corrected chi connectivity index (χ3v) is 6.89. The molecular weight excluding hydrogens is 508 g/mol. The smallest absolute Gasteiger partial charge is 0.199 e. The second-order valence-corrected chi connectivity index (χ2v) is 9.14. The molecule has 37 heavy (non-hydrogen) atoms. The highest BCUT2D eigenvalue weighted by Crippen LogP contribution is 2.35. The number of rotatable bonds is 9. The van der Waals surface area contributed by atoms with E-state index in [4.69, 9.17) is 26.4 Å². The normalized spacial score (nSPS) is 10.9. The summed E-state index contributed by atoms with van der Waals surface area (Å²) in [4.78, 5) is 0. The van der Waals surface area contributed by atoms with Crippen molar-refractivity contribution in [2.24, 2.45) is 0 Å². The molecule has 3 aromatic carbocycles. The number of para-hydroxylation sites is 1. The van der Waals surface area contributed by atoms with Gasteiger partial charge in [0.1, 0.15) is 11.6 Å². The number of aromatic nitrogens is 6. The van der Waals surface area contributed by atoms with Crippen molar-refractivity contribution in [1.82, 2.24) is 29.5 Å². The summed E-state index contributed by atoms with van der Waals surface area (Å²) in [5.74, 6) is 3.99. The molecule has 0 fully saturated rings. The van der Waals surface area contributed by atoms with Gasteiger partial charge in [-0.2, -0.15) is 5.10 Å². The Morgan fingerprint density at radius 3 is 2.24 bits per heavy atom. The summed E-state index contributed by atoms with van der Waals surface area (Å²) < 4.78 is 20.6. The maximum absolute atomic E-state index is 5.51. The van der Waals surface area contributed by atoms with Crippen molar-refractivity contribution < 1.29 is 14.2 Å². The second kappa shape index (κ2) is 10.9.